The molecular weight excluding hydrogens is 280 g/mol. The Balaban J connectivity index is 2.06. The fraction of sp³-hybridized carbons (Fsp3) is 0.278. The van der Waals surface area contributed by atoms with Crippen molar-refractivity contribution in [2.75, 3.05) is 14.2 Å². The van der Waals surface area contributed by atoms with E-state index in [2.05, 4.69) is 0 Å². The van der Waals surface area contributed by atoms with Gasteiger partial charge in [0.25, 0.3) is 0 Å². The van der Waals surface area contributed by atoms with E-state index in [-0.39, 0.29) is 5.92 Å². The van der Waals surface area contributed by atoms with Crippen LogP contribution in [0.4, 0.5) is 0 Å². The summed E-state index contributed by atoms with van der Waals surface area (Å²) in [6, 6.07) is 11.3. The van der Waals surface area contributed by atoms with Gasteiger partial charge in [0, 0.05) is 5.92 Å². The highest BCUT2D eigenvalue weighted by Gasteiger charge is 2.28. The van der Waals surface area contributed by atoms with E-state index < -0.39 is 5.97 Å². The third-order valence-electron chi connectivity index (χ3n) is 4.29. The number of aromatic carboxylic acids is 1. The summed E-state index contributed by atoms with van der Waals surface area (Å²) < 4.78 is 10.4. The summed E-state index contributed by atoms with van der Waals surface area (Å²) >= 11 is 0. The molecule has 0 saturated carbocycles. The maximum atomic E-state index is 11.6. The molecule has 1 N–H and O–H groups in total. The highest BCUT2D eigenvalue weighted by Crippen LogP contribution is 2.41. The zero-order valence-corrected chi connectivity index (χ0v) is 12.6. The fourth-order valence-corrected chi connectivity index (χ4v) is 3.20. The second kappa shape index (κ2) is 5.72. The quantitative estimate of drug-likeness (QED) is 0.939. The molecule has 4 nitrogen and oxygen atoms in total. The maximum Gasteiger partial charge on any atom is 0.336 e. The van der Waals surface area contributed by atoms with Crippen LogP contribution in [0.15, 0.2) is 36.4 Å². The molecule has 0 amide bonds. The zero-order valence-electron chi connectivity index (χ0n) is 12.6. The number of fused-ring (bicyclic) bond motifs is 1. The van der Waals surface area contributed by atoms with Crippen molar-refractivity contribution in [2.24, 2.45) is 0 Å². The molecule has 0 aromatic heterocycles. The minimum atomic E-state index is -0.920. The van der Waals surface area contributed by atoms with Gasteiger partial charge < -0.3 is 14.6 Å². The summed E-state index contributed by atoms with van der Waals surface area (Å²) in [4.78, 5) is 11.6. The largest absolute Gasteiger partial charge is 0.497 e. The molecule has 0 unspecified atom stereocenters. The van der Waals surface area contributed by atoms with Crippen LogP contribution in [0.3, 0.4) is 0 Å². The third-order valence-corrected chi connectivity index (χ3v) is 4.29. The monoisotopic (exact) mass is 298 g/mol. The van der Waals surface area contributed by atoms with Crippen molar-refractivity contribution in [2.45, 2.75) is 18.8 Å². The molecule has 0 fully saturated rings. The van der Waals surface area contributed by atoms with Crippen LogP contribution in [0.5, 0.6) is 11.5 Å². The Morgan fingerprint density at radius 1 is 1.05 bits per heavy atom. The molecule has 1 aliphatic carbocycles. The van der Waals surface area contributed by atoms with E-state index >= 15 is 0 Å². The normalized spacial score (nSPS) is 16.2. The first-order valence-corrected chi connectivity index (χ1v) is 7.22. The molecule has 22 heavy (non-hydrogen) atoms. The van der Waals surface area contributed by atoms with E-state index in [1.807, 2.05) is 30.3 Å². The molecule has 0 heterocycles. The Morgan fingerprint density at radius 2 is 1.68 bits per heavy atom. The SMILES string of the molecule is COc1ccc2c(c1)CC[C@@H]2c1ccc(OC)cc1C(=O)O. The molecular formula is C18H18O4. The van der Waals surface area contributed by atoms with Crippen LogP contribution >= 0.6 is 0 Å². The minimum Gasteiger partial charge on any atom is -0.497 e. The number of carbonyl (C=O) groups is 1. The predicted octanol–water partition coefficient (Wildman–Crippen LogP) is 3.48. The van der Waals surface area contributed by atoms with Gasteiger partial charge in [-0.15, -0.1) is 0 Å². The highest BCUT2D eigenvalue weighted by atomic mass is 16.5. The van der Waals surface area contributed by atoms with E-state index in [0.29, 0.717) is 11.3 Å². The van der Waals surface area contributed by atoms with Gasteiger partial charge in [-0.1, -0.05) is 12.1 Å². The van der Waals surface area contributed by atoms with Crippen LogP contribution in [0, 0.1) is 0 Å². The standard InChI is InChI=1S/C18H18O4/c1-21-12-4-7-14-11(9-12)3-6-15(14)16-8-5-13(22-2)10-17(16)18(19)20/h4-5,7-10,15H,3,6H2,1-2H3,(H,19,20)/t15-/m0/s1. The molecule has 2 aromatic rings. The van der Waals surface area contributed by atoms with Gasteiger partial charge in [0.1, 0.15) is 11.5 Å². The fourth-order valence-electron chi connectivity index (χ4n) is 3.20. The number of hydrogen-bond acceptors (Lipinski definition) is 3. The van der Waals surface area contributed by atoms with Crippen molar-refractivity contribution < 1.29 is 19.4 Å². The first-order valence-electron chi connectivity index (χ1n) is 7.22. The molecule has 0 bridgehead atoms. The Hall–Kier alpha value is -2.49. The number of hydrogen-bond donors (Lipinski definition) is 1. The van der Waals surface area contributed by atoms with E-state index in [0.717, 1.165) is 24.2 Å². The van der Waals surface area contributed by atoms with Crippen LogP contribution in [0.1, 0.15) is 39.4 Å². The van der Waals surface area contributed by atoms with Crippen molar-refractivity contribution >= 4 is 5.97 Å². The van der Waals surface area contributed by atoms with Gasteiger partial charge in [0.15, 0.2) is 0 Å². The zero-order chi connectivity index (χ0) is 15.7. The van der Waals surface area contributed by atoms with Gasteiger partial charge in [-0.3, -0.25) is 0 Å². The van der Waals surface area contributed by atoms with Crippen molar-refractivity contribution in [3.63, 3.8) is 0 Å². The summed E-state index contributed by atoms with van der Waals surface area (Å²) in [6.45, 7) is 0. The van der Waals surface area contributed by atoms with Crippen molar-refractivity contribution in [1.29, 1.82) is 0 Å². The highest BCUT2D eigenvalue weighted by molar-refractivity contribution is 5.90. The van der Waals surface area contributed by atoms with Gasteiger partial charge in [0.2, 0.25) is 0 Å². The molecule has 0 saturated heterocycles. The first kappa shape index (κ1) is 14.4. The van der Waals surface area contributed by atoms with E-state index in [9.17, 15) is 9.90 Å². The predicted molar refractivity (Wildman–Crippen MR) is 83.1 cm³/mol. The van der Waals surface area contributed by atoms with Crippen LogP contribution in [-0.2, 0) is 6.42 Å². The lowest BCUT2D eigenvalue weighted by Gasteiger charge is -2.16. The summed E-state index contributed by atoms with van der Waals surface area (Å²) in [5, 5.41) is 9.50. The Kier molecular flexibility index (Phi) is 3.75. The second-order valence-electron chi connectivity index (χ2n) is 5.41. The third kappa shape index (κ3) is 2.41. The minimum absolute atomic E-state index is 0.109. The summed E-state index contributed by atoms with van der Waals surface area (Å²) in [7, 11) is 3.19. The number of carboxylic acids is 1. The van der Waals surface area contributed by atoms with Gasteiger partial charge in [-0.05, 0) is 53.8 Å². The molecule has 0 aliphatic heterocycles. The molecule has 3 rings (SSSR count). The number of methoxy groups -OCH3 is 2. The van der Waals surface area contributed by atoms with Crippen LogP contribution < -0.4 is 9.47 Å². The van der Waals surface area contributed by atoms with Crippen molar-refractivity contribution in [3.05, 3.63) is 58.7 Å². The molecule has 114 valence electrons. The topological polar surface area (TPSA) is 55.8 Å². The average molecular weight is 298 g/mol. The molecule has 1 aliphatic rings. The number of rotatable bonds is 4. The van der Waals surface area contributed by atoms with Gasteiger partial charge in [0.05, 0.1) is 19.8 Å². The molecule has 1 atom stereocenters. The van der Waals surface area contributed by atoms with Gasteiger partial charge >= 0.3 is 5.97 Å². The Bertz CT molecular complexity index is 721. The maximum absolute atomic E-state index is 11.6. The molecule has 2 aromatic carbocycles. The van der Waals surface area contributed by atoms with Gasteiger partial charge in [-0.25, -0.2) is 4.79 Å². The number of ether oxygens (including phenoxy) is 2. The smallest absolute Gasteiger partial charge is 0.336 e. The van der Waals surface area contributed by atoms with Crippen LogP contribution in [0.2, 0.25) is 0 Å². The van der Waals surface area contributed by atoms with E-state index in [1.54, 1.807) is 13.2 Å². The Morgan fingerprint density at radius 3 is 2.32 bits per heavy atom. The average Bonchev–Trinajstić information content (AvgIpc) is 2.96. The summed E-state index contributed by atoms with van der Waals surface area (Å²) in [5.41, 5.74) is 3.58. The molecule has 0 spiro atoms. The van der Waals surface area contributed by atoms with Crippen molar-refractivity contribution in [3.8, 4) is 11.5 Å². The molecule has 0 radical (unpaired) electrons. The van der Waals surface area contributed by atoms with E-state index in [4.69, 9.17) is 9.47 Å². The number of carboxylic acid groups (broad SMARTS) is 1. The second-order valence-corrected chi connectivity index (χ2v) is 5.41. The Labute approximate surface area is 129 Å². The molecule has 4 heteroatoms. The number of benzene rings is 2. The first-order chi connectivity index (χ1) is 10.6. The van der Waals surface area contributed by atoms with Crippen LogP contribution in [0.25, 0.3) is 0 Å². The lowest BCUT2D eigenvalue weighted by molar-refractivity contribution is 0.0695. The number of aryl methyl sites for hydroxylation is 1. The lowest BCUT2D eigenvalue weighted by Crippen LogP contribution is -2.07. The van der Waals surface area contributed by atoms with Gasteiger partial charge in [-0.2, -0.15) is 0 Å². The van der Waals surface area contributed by atoms with Crippen LogP contribution in [-0.4, -0.2) is 25.3 Å². The van der Waals surface area contributed by atoms with Crippen molar-refractivity contribution in [1.82, 2.24) is 0 Å². The van der Waals surface area contributed by atoms with E-state index in [1.165, 1.54) is 18.2 Å². The summed E-state index contributed by atoms with van der Waals surface area (Å²) in [6.07, 6.45) is 1.84. The summed E-state index contributed by atoms with van der Waals surface area (Å²) in [5.74, 6) is 0.593. The lowest BCUT2D eigenvalue weighted by atomic mass is 9.89.